The molecule has 320 valence electrons. The lowest BCUT2D eigenvalue weighted by Crippen LogP contribution is -2.42. The predicted octanol–water partition coefficient (Wildman–Crippen LogP) is 8.59. The highest BCUT2D eigenvalue weighted by atomic mass is 31.2. The minimum atomic E-state index is -3.48. The Labute approximate surface area is 350 Å². The average molecular weight is 833 g/mol. The minimum absolute atomic E-state index is 0.0252. The van der Waals surface area contributed by atoms with E-state index in [-0.39, 0.29) is 19.0 Å². The summed E-state index contributed by atoms with van der Waals surface area (Å²) in [4.78, 5) is 26.9. The number of phenols is 1. The van der Waals surface area contributed by atoms with Crippen LogP contribution in [-0.4, -0.2) is 78.0 Å². The van der Waals surface area contributed by atoms with Gasteiger partial charge in [-0.1, -0.05) is 101 Å². The lowest BCUT2D eigenvalue weighted by Gasteiger charge is -2.36. The van der Waals surface area contributed by atoms with Gasteiger partial charge in [0.15, 0.2) is 5.60 Å². The van der Waals surface area contributed by atoms with Crippen LogP contribution < -0.4 is 19.5 Å². The van der Waals surface area contributed by atoms with Crippen molar-refractivity contribution in [3.05, 3.63) is 94.8 Å². The van der Waals surface area contributed by atoms with Crippen molar-refractivity contribution in [2.75, 3.05) is 47.4 Å². The largest absolute Gasteiger partial charge is 0.616 e. The van der Waals surface area contributed by atoms with Gasteiger partial charge in [0.25, 0.3) is 0 Å². The number of hydrogen-bond acceptors (Lipinski definition) is 11. The number of carbonyl (C=O) groups is 1. The molecule has 0 aliphatic carbocycles. The molecular weight excluding hydrogens is 769 g/mol. The van der Waals surface area contributed by atoms with E-state index < -0.39 is 19.7 Å². The number of hydrogen-bond donors (Lipinski definition) is 2. The molecule has 2 N–H and O–H groups in total. The van der Waals surface area contributed by atoms with Crippen LogP contribution in [0.1, 0.15) is 123 Å². The normalized spacial score (nSPS) is 16.6. The summed E-state index contributed by atoms with van der Waals surface area (Å²) < 4.78 is 32.8. The van der Waals surface area contributed by atoms with Crippen molar-refractivity contribution >= 4 is 14.1 Å². The van der Waals surface area contributed by atoms with Crippen molar-refractivity contribution < 1.29 is 42.5 Å². The molecule has 59 heavy (non-hydrogen) atoms. The highest BCUT2D eigenvalue weighted by Crippen LogP contribution is 2.57. The summed E-state index contributed by atoms with van der Waals surface area (Å²) in [7, 11) is 2.79. The molecule has 2 atom stereocenters. The predicted molar refractivity (Wildman–Crippen MR) is 226 cm³/mol. The summed E-state index contributed by atoms with van der Waals surface area (Å²) in [6.45, 7) is 4.81. The average Bonchev–Trinajstić information content (AvgIpc) is 3.79. The Kier molecular flexibility index (Phi) is 15.8. The number of fused-ring (bicyclic) bond motifs is 6. The molecule has 2 unspecified atom stereocenters. The summed E-state index contributed by atoms with van der Waals surface area (Å²) in [6, 6.07) is 17.4. The fraction of sp³-hybridized carbons (Fsp3) is 0.533. The molecule has 0 amide bonds. The van der Waals surface area contributed by atoms with Crippen LogP contribution in [0.15, 0.2) is 66.9 Å². The molecule has 4 aromatic rings. The summed E-state index contributed by atoms with van der Waals surface area (Å²) in [5.74, 6) is 1.07. The number of phenolic OH excluding ortho intramolecular Hbond substituents is 1. The Hall–Kier alpha value is -4.10. The summed E-state index contributed by atoms with van der Waals surface area (Å²) >= 11 is 0. The van der Waals surface area contributed by atoms with Gasteiger partial charge in [0, 0.05) is 12.1 Å². The second-order valence-corrected chi connectivity index (χ2v) is 18.5. The molecule has 1 spiro atoms. The van der Waals surface area contributed by atoms with Gasteiger partial charge in [-0.25, -0.2) is 4.79 Å². The van der Waals surface area contributed by atoms with Crippen molar-refractivity contribution in [3.8, 4) is 23.0 Å². The van der Waals surface area contributed by atoms with E-state index in [1.807, 2.05) is 12.1 Å². The van der Waals surface area contributed by atoms with Gasteiger partial charge in [-0.3, -0.25) is 4.68 Å². The molecular formula is C45H63N5O8P+. The number of aromatic nitrogens is 3. The van der Waals surface area contributed by atoms with Gasteiger partial charge in [0.1, 0.15) is 35.3 Å². The monoisotopic (exact) mass is 832 g/mol. The number of ether oxygens (including phenoxy) is 3. The van der Waals surface area contributed by atoms with Crippen LogP contribution in [0.25, 0.3) is 0 Å². The Morgan fingerprint density at radius 2 is 1.47 bits per heavy atom. The van der Waals surface area contributed by atoms with Crippen LogP contribution in [0.4, 0.5) is 0 Å². The van der Waals surface area contributed by atoms with Gasteiger partial charge in [-0.2, -0.15) is 9.05 Å². The number of nitrogens with one attached hydrogen (secondary N) is 1. The van der Waals surface area contributed by atoms with Crippen molar-refractivity contribution in [2.45, 2.75) is 109 Å². The van der Waals surface area contributed by atoms with Gasteiger partial charge >= 0.3 is 14.1 Å². The number of carbonyl (C=O) groups excluding carboxylic acids is 1. The maximum absolute atomic E-state index is 13.7. The van der Waals surface area contributed by atoms with E-state index in [1.165, 1.54) is 70.3 Å². The second-order valence-electron chi connectivity index (χ2n) is 16.6. The van der Waals surface area contributed by atoms with Gasteiger partial charge < -0.3 is 28.7 Å². The zero-order chi connectivity index (χ0) is 41.7. The molecule has 6 rings (SSSR count). The maximum atomic E-state index is 13.7. The topological polar surface area (TPSA) is 149 Å². The fourth-order valence-corrected chi connectivity index (χ4v) is 8.96. The lowest BCUT2D eigenvalue weighted by atomic mass is 9.77. The van der Waals surface area contributed by atoms with Gasteiger partial charge in [-0.15, -0.1) is 10.2 Å². The molecule has 3 aromatic carbocycles. The number of nitrogens with zero attached hydrogens (tertiary/aromatic N) is 4. The second kappa shape index (κ2) is 20.9. The maximum Gasteiger partial charge on any atom is 0.340 e. The number of quaternary nitrogens is 1. The van der Waals surface area contributed by atoms with E-state index in [2.05, 4.69) is 43.5 Å². The zero-order valence-corrected chi connectivity index (χ0v) is 36.2. The molecule has 0 bridgehead atoms. The number of aryl methyl sites for hydroxylation is 1. The third-order valence-corrected chi connectivity index (χ3v) is 12.4. The summed E-state index contributed by atoms with van der Waals surface area (Å²) in [5.41, 5.74) is 1.49. The first-order valence-electron chi connectivity index (χ1n) is 21.4. The number of unbranched alkanes of at least 4 members (excludes halogenated alkanes) is 11. The molecule has 13 nitrogen and oxygen atoms in total. The smallest absolute Gasteiger partial charge is 0.340 e. The standard InChI is InChI=1S/C45H62N5O8P/c1-5-6-7-8-9-10-11-12-13-14-15-18-29-55-59(53,46-26-28-50(2,3)4)56-30-19-27-49-33-35(47-48-49)34-54-37-23-25-43-41(32-37)45(40-31-36(51)22-24-42(40)57-43)39-21-17-16-20-38(39)44(52)58-45/h16-17,20-25,31-33H,5-15,18-19,26-30,34H2,1-4H3,(H-,46,51,53)/p+1. The van der Waals surface area contributed by atoms with Crippen LogP contribution in [0.5, 0.6) is 23.0 Å². The fourth-order valence-electron chi connectivity index (χ4n) is 7.59. The minimum Gasteiger partial charge on any atom is -0.616 e. The van der Waals surface area contributed by atoms with E-state index in [4.69, 9.17) is 23.3 Å². The molecule has 0 saturated heterocycles. The van der Waals surface area contributed by atoms with Crippen LogP contribution in [-0.2, 0) is 32.5 Å². The Morgan fingerprint density at radius 3 is 2.19 bits per heavy atom. The van der Waals surface area contributed by atoms with E-state index in [1.54, 1.807) is 53.3 Å². The highest BCUT2D eigenvalue weighted by Gasteiger charge is 2.53. The Morgan fingerprint density at radius 1 is 0.831 bits per heavy atom. The first kappa shape index (κ1) is 44.5. The first-order valence-corrected chi connectivity index (χ1v) is 23.0. The third kappa shape index (κ3) is 12.0. The molecule has 2 aliphatic rings. The molecule has 1 aromatic heterocycles. The SMILES string of the molecule is CCCCCCCCCCCCCCO[P+]([O-])(NCC[N+](C)(C)C)OCCCn1cc(COc2ccc3c(c2)C2(OC(=O)c4ccccc42)c2cc(O)ccc2O3)nn1. The van der Waals surface area contributed by atoms with E-state index in [9.17, 15) is 14.8 Å². The van der Waals surface area contributed by atoms with E-state index >= 15 is 0 Å². The molecule has 2 aliphatic heterocycles. The zero-order valence-electron chi connectivity index (χ0n) is 35.3. The van der Waals surface area contributed by atoms with Crippen molar-refractivity contribution in [1.29, 1.82) is 0 Å². The molecule has 0 radical (unpaired) electrons. The number of benzene rings is 3. The number of esters is 1. The molecule has 14 heteroatoms. The number of likely N-dealkylation sites (N-methyl/N-ethyl adjacent to an activating group) is 1. The van der Waals surface area contributed by atoms with Crippen molar-refractivity contribution in [3.63, 3.8) is 0 Å². The first-order chi connectivity index (χ1) is 28.5. The highest BCUT2D eigenvalue weighted by molar-refractivity contribution is 7.57. The van der Waals surface area contributed by atoms with Crippen molar-refractivity contribution in [1.82, 2.24) is 20.1 Å². The van der Waals surface area contributed by atoms with Crippen LogP contribution in [0, 0.1) is 0 Å². The van der Waals surface area contributed by atoms with Crippen LogP contribution in [0.3, 0.4) is 0 Å². The third-order valence-electron chi connectivity index (χ3n) is 10.8. The Bertz CT molecular complexity index is 1970. The van der Waals surface area contributed by atoms with Gasteiger partial charge in [0.05, 0.1) is 70.3 Å². The van der Waals surface area contributed by atoms with Crippen LogP contribution in [0.2, 0.25) is 0 Å². The summed E-state index contributed by atoms with van der Waals surface area (Å²) in [6.07, 6.45) is 17.4. The number of rotatable bonds is 26. The van der Waals surface area contributed by atoms with Gasteiger partial charge in [0.2, 0.25) is 0 Å². The van der Waals surface area contributed by atoms with E-state index in [0.717, 1.165) is 23.9 Å². The molecule has 3 heterocycles. The quantitative estimate of drug-likeness (QED) is 0.0271. The Balaban J connectivity index is 0.974. The molecule has 0 fully saturated rings. The summed E-state index contributed by atoms with van der Waals surface area (Å²) in [5, 5.41) is 22.1. The van der Waals surface area contributed by atoms with E-state index in [0.29, 0.717) is 71.3 Å². The number of aromatic hydroxyl groups is 1. The van der Waals surface area contributed by atoms with Gasteiger partial charge in [-0.05, 0) is 55.3 Å². The molecule has 0 saturated carbocycles. The lowest BCUT2D eigenvalue weighted by molar-refractivity contribution is -0.869. The van der Waals surface area contributed by atoms with Crippen molar-refractivity contribution in [2.24, 2.45) is 0 Å². The van der Waals surface area contributed by atoms with Crippen LogP contribution >= 0.6 is 8.09 Å².